The Morgan fingerprint density at radius 2 is 1.59 bits per heavy atom. The zero-order chi connectivity index (χ0) is 23.1. The summed E-state index contributed by atoms with van der Waals surface area (Å²) in [6, 6.07) is 18.0. The summed E-state index contributed by atoms with van der Waals surface area (Å²) >= 11 is 0. The molecule has 0 aliphatic rings. The number of carboxylic acids is 1. The molecule has 0 fully saturated rings. The number of rotatable bonds is 7. The summed E-state index contributed by atoms with van der Waals surface area (Å²) in [6.07, 6.45) is -1.03. The van der Waals surface area contributed by atoms with Gasteiger partial charge < -0.3 is 19.7 Å². The largest absolute Gasteiger partial charge is 0.507 e. The molecule has 2 amide bonds. The lowest BCUT2D eigenvalue weighted by Gasteiger charge is -2.25. The Labute approximate surface area is 183 Å². The molecule has 8 heteroatoms. The number of imide groups is 1. The minimum absolute atomic E-state index is 0.0295. The molecule has 0 spiro atoms. The van der Waals surface area contributed by atoms with E-state index in [1.807, 2.05) is 0 Å². The lowest BCUT2D eigenvalue weighted by atomic mass is 9.96. The van der Waals surface area contributed by atoms with Crippen LogP contribution in [0.15, 0.2) is 78.9 Å². The van der Waals surface area contributed by atoms with Gasteiger partial charge in [0.1, 0.15) is 11.9 Å². The van der Waals surface area contributed by atoms with Crippen LogP contribution in [0.25, 0.3) is 10.8 Å². The molecule has 0 aliphatic heterocycles. The third kappa shape index (κ3) is 5.30. The van der Waals surface area contributed by atoms with Gasteiger partial charge in [0.15, 0.2) is 6.10 Å². The Balaban J connectivity index is 1.96. The summed E-state index contributed by atoms with van der Waals surface area (Å²) in [7, 11) is 1.34. The van der Waals surface area contributed by atoms with E-state index < -0.39 is 30.2 Å². The first kappa shape index (κ1) is 22.5. The first-order chi connectivity index (χ1) is 15.4. The van der Waals surface area contributed by atoms with Crippen LogP contribution < -0.4 is 5.32 Å². The minimum Gasteiger partial charge on any atom is -0.507 e. The molecule has 0 aromatic heterocycles. The Bertz CT molecular complexity index is 1160. The van der Waals surface area contributed by atoms with E-state index in [9.17, 15) is 19.5 Å². The fourth-order valence-electron chi connectivity index (χ4n) is 3.24. The monoisotopic (exact) mass is 435 g/mol. The first-order valence-electron chi connectivity index (χ1n) is 9.62. The van der Waals surface area contributed by atoms with Crippen LogP contribution in [0.3, 0.4) is 0 Å². The number of nitrogens with one attached hydrogen (secondary N) is 1. The topological polar surface area (TPSA) is 122 Å². The Morgan fingerprint density at radius 1 is 0.938 bits per heavy atom. The summed E-state index contributed by atoms with van der Waals surface area (Å²) in [6.45, 7) is 0. The van der Waals surface area contributed by atoms with Crippen LogP contribution in [-0.4, -0.2) is 41.4 Å². The molecule has 0 aliphatic carbocycles. The number of methoxy groups -OCH3 is 1. The van der Waals surface area contributed by atoms with Crippen LogP contribution in [0, 0.1) is 0 Å². The number of hydrogen-bond donors (Lipinski definition) is 3. The smallest absolute Gasteiger partial charge is 0.414 e. The Morgan fingerprint density at radius 3 is 2.25 bits per heavy atom. The van der Waals surface area contributed by atoms with Gasteiger partial charge in [-0.1, -0.05) is 48.5 Å². The number of hydrogen-bond acceptors (Lipinski definition) is 6. The second kappa shape index (κ2) is 10.2. The molecule has 164 valence electrons. The van der Waals surface area contributed by atoms with Crippen molar-refractivity contribution in [3.63, 3.8) is 0 Å². The number of phenolic OH excluding ortho intramolecular Hbond substituents is 1. The number of aromatic hydroxyl groups is 1. The predicted octanol–water partition coefficient (Wildman–Crippen LogP) is 3.81. The van der Waals surface area contributed by atoms with Crippen molar-refractivity contribution in [3.05, 3.63) is 90.0 Å². The molecule has 3 N–H and O–H groups in total. The van der Waals surface area contributed by atoms with E-state index in [0.717, 1.165) is 6.08 Å². The van der Waals surface area contributed by atoms with Crippen LogP contribution in [0.5, 0.6) is 5.75 Å². The molecule has 0 radical (unpaired) electrons. The average molecular weight is 435 g/mol. The van der Waals surface area contributed by atoms with Crippen molar-refractivity contribution in [2.75, 3.05) is 7.11 Å². The summed E-state index contributed by atoms with van der Waals surface area (Å²) < 4.78 is 10.9. The fraction of sp³-hybridized carbons (Fsp3) is 0.125. The van der Waals surface area contributed by atoms with E-state index in [2.05, 4.69) is 5.32 Å². The van der Waals surface area contributed by atoms with Gasteiger partial charge in [-0.25, -0.2) is 9.59 Å². The number of aliphatic carboxylic acids is 1. The van der Waals surface area contributed by atoms with Gasteiger partial charge in [-0.05, 0) is 29.7 Å². The molecular formula is C24H21NO7. The fourth-order valence-corrected chi connectivity index (χ4v) is 3.24. The highest BCUT2D eigenvalue weighted by molar-refractivity contribution is 6.03. The third-order valence-corrected chi connectivity index (χ3v) is 4.73. The number of carbonyl (C=O) groups is 3. The van der Waals surface area contributed by atoms with E-state index in [1.165, 1.54) is 19.3 Å². The number of benzene rings is 3. The highest BCUT2D eigenvalue weighted by Gasteiger charge is 2.28. The highest BCUT2D eigenvalue weighted by atomic mass is 16.6. The minimum atomic E-state index is -1.20. The zero-order valence-corrected chi connectivity index (χ0v) is 17.1. The molecule has 3 rings (SSSR count). The number of ether oxygens (including phenoxy) is 2. The molecule has 0 bridgehead atoms. The van der Waals surface area contributed by atoms with E-state index in [1.54, 1.807) is 60.7 Å². The maximum atomic E-state index is 12.6. The van der Waals surface area contributed by atoms with E-state index in [-0.39, 0.29) is 11.3 Å². The van der Waals surface area contributed by atoms with Crippen molar-refractivity contribution in [1.82, 2.24) is 5.32 Å². The zero-order valence-electron chi connectivity index (χ0n) is 17.1. The molecule has 3 aromatic rings. The molecule has 0 heterocycles. The molecule has 0 unspecified atom stereocenters. The van der Waals surface area contributed by atoms with Gasteiger partial charge in [-0.3, -0.25) is 10.1 Å². The molecule has 2 atom stereocenters. The van der Waals surface area contributed by atoms with Gasteiger partial charge in [-0.2, -0.15) is 0 Å². The summed E-state index contributed by atoms with van der Waals surface area (Å²) in [5.41, 5.74) is 0.729. The Kier molecular flexibility index (Phi) is 7.20. The van der Waals surface area contributed by atoms with Gasteiger partial charge in [0.05, 0.1) is 0 Å². The van der Waals surface area contributed by atoms with E-state index in [0.29, 0.717) is 16.3 Å². The third-order valence-electron chi connectivity index (χ3n) is 4.73. The molecule has 8 nitrogen and oxygen atoms in total. The van der Waals surface area contributed by atoms with Gasteiger partial charge in [0.25, 0.3) is 5.91 Å². The van der Waals surface area contributed by atoms with E-state index >= 15 is 0 Å². The number of carbonyl (C=O) groups excluding carboxylic acids is 2. The summed E-state index contributed by atoms with van der Waals surface area (Å²) in [5.74, 6) is -1.83. The van der Waals surface area contributed by atoms with Crippen molar-refractivity contribution in [2.45, 2.75) is 12.2 Å². The Hall–Kier alpha value is -4.17. The number of fused-ring (bicyclic) bond motifs is 1. The quantitative estimate of drug-likeness (QED) is 0.482. The van der Waals surface area contributed by atoms with Crippen molar-refractivity contribution >= 4 is 28.7 Å². The lowest BCUT2D eigenvalue weighted by molar-refractivity contribution is -0.131. The van der Waals surface area contributed by atoms with Crippen molar-refractivity contribution in [3.8, 4) is 5.75 Å². The second-order valence-corrected chi connectivity index (χ2v) is 6.76. The van der Waals surface area contributed by atoms with Crippen molar-refractivity contribution < 1.29 is 34.1 Å². The lowest BCUT2D eigenvalue weighted by Crippen LogP contribution is -2.34. The molecule has 3 aromatic carbocycles. The van der Waals surface area contributed by atoms with Crippen LogP contribution >= 0.6 is 0 Å². The van der Waals surface area contributed by atoms with Crippen LogP contribution in [-0.2, 0) is 14.3 Å². The van der Waals surface area contributed by atoms with Gasteiger partial charge in [-0.15, -0.1) is 0 Å². The number of carboxylic acid groups (broad SMARTS) is 1. The van der Waals surface area contributed by atoms with E-state index in [4.69, 9.17) is 14.6 Å². The standard InChI is InChI=1S/C24H21NO7/c1-31-20(13-14-21(27)28)22(18-11-12-19(26)17-10-6-5-9-16(17)18)32-24(30)25-23(29)15-7-3-2-4-8-15/h2-14,20,22,26H,1H3,(H,27,28)(H,25,29,30)/b14-13+/t20-,22-/m1/s1. The van der Waals surface area contributed by atoms with Crippen LogP contribution in [0.4, 0.5) is 4.79 Å². The second-order valence-electron chi connectivity index (χ2n) is 6.76. The number of amides is 2. The summed E-state index contributed by atoms with van der Waals surface area (Å²) in [5, 5.41) is 22.4. The van der Waals surface area contributed by atoms with Gasteiger partial charge in [0.2, 0.25) is 0 Å². The number of alkyl carbamates (subject to hydrolysis) is 1. The number of phenols is 1. The van der Waals surface area contributed by atoms with Crippen molar-refractivity contribution in [1.29, 1.82) is 0 Å². The SMILES string of the molecule is CO[C@H](/C=C/C(=O)O)[C@H](OC(=O)NC(=O)c1ccccc1)c1ccc(O)c2ccccc12. The molecule has 32 heavy (non-hydrogen) atoms. The normalized spacial score (nSPS) is 12.9. The first-order valence-corrected chi connectivity index (χ1v) is 9.62. The maximum Gasteiger partial charge on any atom is 0.414 e. The van der Waals surface area contributed by atoms with Gasteiger partial charge >= 0.3 is 12.1 Å². The van der Waals surface area contributed by atoms with Crippen LogP contribution in [0.2, 0.25) is 0 Å². The molecule has 0 saturated carbocycles. The van der Waals surface area contributed by atoms with Crippen LogP contribution in [0.1, 0.15) is 22.0 Å². The maximum absolute atomic E-state index is 12.6. The molecular weight excluding hydrogens is 414 g/mol. The van der Waals surface area contributed by atoms with Crippen molar-refractivity contribution in [2.24, 2.45) is 0 Å². The highest BCUT2D eigenvalue weighted by Crippen LogP contribution is 2.35. The molecule has 0 saturated heterocycles. The summed E-state index contributed by atoms with van der Waals surface area (Å²) in [4.78, 5) is 35.9. The average Bonchev–Trinajstić information content (AvgIpc) is 2.79. The predicted molar refractivity (Wildman–Crippen MR) is 116 cm³/mol. The van der Waals surface area contributed by atoms with Gasteiger partial charge in [0, 0.05) is 29.7 Å².